The van der Waals surface area contributed by atoms with Crippen LogP contribution >= 0.6 is 0 Å². The van der Waals surface area contributed by atoms with Crippen LogP contribution in [0.4, 0.5) is 6.01 Å². The predicted octanol–water partition coefficient (Wildman–Crippen LogP) is -0.263. The second kappa shape index (κ2) is 5.56. The average Bonchev–Trinajstić information content (AvgIpc) is 2.68. The predicted molar refractivity (Wildman–Crippen MR) is 51.8 cm³/mol. The van der Waals surface area contributed by atoms with Gasteiger partial charge in [0.2, 0.25) is 5.89 Å². The minimum absolute atomic E-state index is 0.161. The van der Waals surface area contributed by atoms with Gasteiger partial charge in [-0.15, -0.1) is 5.10 Å². The van der Waals surface area contributed by atoms with Crippen LogP contribution < -0.4 is 10.6 Å². The maximum absolute atomic E-state index is 8.70. The lowest BCUT2D eigenvalue weighted by Crippen LogP contribution is -2.24. The van der Waals surface area contributed by atoms with Crippen molar-refractivity contribution in [2.24, 2.45) is 5.73 Å². The molecular formula is C8H16N4O2. The Kier molecular flexibility index (Phi) is 4.34. The maximum atomic E-state index is 8.70. The quantitative estimate of drug-likeness (QED) is 0.657. The normalized spacial score (nSPS) is 10.5. The van der Waals surface area contributed by atoms with E-state index in [9.17, 15) is 0 Å². The summed E-state index contributed by atoms with van der Waals surface area (Å²) in [6.45, 7) is 3.88. The molecule has 0 aliphatic heterocycles. The second-order valence-electron chi connectivity index (χ2n) is 2.84. The Hall–Kier alpha value is -1.14. The van der Waals surface area contributed by atoms with Crippen molar-refractivity contribution < 1.29 is 9.52 Å². The highest BCUT2D eigenvalue weighted by Gasteiger charge is 2.11. The minimum Gasteiger partial charge on any atom is -0.407 e. The summed E-state index contributed by atoms with van der Waals surface area (Å²) < 4.78 is 5.28. The summed E-state index contributed by atoms with van der Waals surface area (Å²) in [6.07, 6.45) is 0.689. The number of hydrogen-bond donors (Lipinski definition) is 2. The molecule has 0 spiro atoms. The highest BCUT2D eigenvalue weighted by Crippen LogP contribution is 2.11. The third kappa shape index (κ3) is 2.68. The highest BCUT2D eigenvalue weighted by atomic mass is 16.4. The van der Waals surface area contributed by atoms with E-state index in [2.05, 4.69) is 10.2 Å². The third-order valence-corrected chi connectivity index (χ3v) is 1.87. The van der Waals surface area contributed by atoms with Gasteiger partial charge in [-0.25, -0.2) is 0 Å². The lowest BCUT2D eigenvalue weighted by Gasteiger charge is -2.16. The zero-order valence-corrected chi connectivity index (χ0v) is 8.31. The first kappa shape index (κ1) is 10.9. The van der Waals surface area contributed by atoms with E-state index in [4.69, 9.17) is 15.3 Å². The van der Waals surface area contributed by atoms with E-state index in [-0.39, 0.29) is 13.2 Å². The molecule has 1 heterocycles. The van der Waals surface area contributed by atoms with Gasteiger partial charge in [-0.2, -0.15) is 0 Å². The smallest absolute Gasteiger partial charge is 0.318 e. The Morgan fingerprint density at radius 1 is 1.50 bits per heavy atom. The highest BCUT2D eigenvalue weighted by molar-refractivity contribution is 5.23. The van der Waals surface area contributed by atoms with Gasteiger partial charge in [0.25, 0.3) is 0 Å². The number of aliphatic hydroxyl groups excluding tert-OH is 1. The van der Waals surface area contributed by atoms with Gasteiger partial charge in [0.05, 0.1) is 6.54 Å². The van der Waals surface area contributed by atoms with Crippen molar-refractivity contribution >= 4 is 6.01 Å². The number of anilines is 1. The Morgan fingerprint density at radius 3 is 2.79 bits per heavy atom. The van der Waals surface area contributed by atoms with E-state index in [0.717, 1.165) is 6.54 Å². The molecule has 0 radical (unpaired) electrons. The molecular weight excluding hydrogens is 184 g/mol. The number of hydrogen-bond acceptors (Lipinski definition) is 6. The van der Waals surface area contributed by atoms with Gasteiger partial charge in [-0.05, 0) is 13.3 Å². The van der Waals surface area contributed by atoms with Gasteiger partial charge in [-0.3, -0.25) is 0 Å². The Morgan fingerprint density at radius 2 is 2.29 bits per heavy atom. The molecule has 0 aliphatic carbocycles. The lowest BCUT2D eigenvalue weighted by atomic mass is 10.4. The van der Waals surface area contributed by atoms with Crippen LogP contribution in [-0.2, 0) is 6.54 Å². The van der Waals surface area contributed by atoms with Crippen LogP contribution in [0.3, 0.4) is 0 Å². The third-order valence-electron chi connectivity index (χ3n) is 1.87. The number of nitrogens with two attached hydrogens (primary N) is 1. The van der Waals surface area contributed by atoms with Crippen molar-refractivity contribution in [3.8, 4) is 0 Å². The number of nitrogens with zero attached hydrogens (tertiary/aromatic N) is 3. The SMILES string of the molecule is CCN(CCCO)c1nnc(CN)o1. The molecule has 0 fully saturated rings. The fourth-order valence-corrected chi connectivity index (χ4v) is 1.11. The molecule has 0 bridgehead atoms. The summed E-state index contributed by atoms with van der Waals surface area (Å²) in [6, 6.07) is 0.474. The van der Waals surface area contributed by atoms with Crippen molar-refractivity contribution in [2.45, 2.75) is 19.9 Å². The molecule has 0 aromatic carbocycles. The average molecular weight is 200 g/mol. The van der Waals surface area contributed by atoms with Crippen LogP contribution in [0.15, 0.2) is 4.42 Å². The molecule has 0 aliphatic rings. The topological polar surface area (TPSA) is 88.4 Å². The van der Waals surface area contributed by atoms with Gasteiger partial charge in [0, 0.05) is 19.7 Å². The number of aliphatic hydroxyl groups is 1. The first-order valence-electron chi connectivity index (χ1n) is 4.70. The van der Waals surface area contributed by atoms with Crippen LogP contribution in [0.1, 0.15) is 19.2 Å². The van der Waals surface area contributed by atoms with E-state index in [1.54, 1.807) is 0 Å². The van der Waals surface area contributed by atoms with Gasteiger partial charge < -0.3 is 20.2 Å². The van der Waals surface area contributed by atoms with Crippen LogP contribution in [0, 0.1) is 0 Å². The molecule has 14 heavy (non-hydrogen) atoms. The molecule has 0 saturated carbocycles. The van der Waals surface area contributed by atoms with Gasteiger partial charge in [-0.1, -0.05) is 5.10 Å². The maximum Gasteiger partial charge on any atom is 0.318 e. The van der Waals surface area contributed by atoms with Gasteiger partial charge in [0.15, 0.2) is 0 Å². The fourth-order valence-electron chi connectivity index (χ4n) is 1.11. The molecule has 3 N–H and O–H groups in total. The first-order chi connectivity index (χ1) is 6.81. The van der Waals surface area contributed by atoms with Gasteiger partial charge >= 0.3 is 6.01 Å². The molecule has 6 nitrogen and oxygen atoms in total. The van der Waals surface area contributed by atoms with E-state index in [1.807, 2.05) is 11.8 Å². The zero-order chi connectivity index (χ0) is 10.4. The molecule has 0 amide bonds. The molecule has 6 heteroatoms. The number of aromatic nitrogens is 2. The largest absolute Gasteiger partial charge is 0.407 e. The van der Waals surface area contributed by atoms with Crippen LogP contribution in [-0.4, -0.2) is 35.0 Å². The van der Waals surface area contributed by atoms with Crippen LogP contribution in [0.25, 0.3) is 0 Å². The Balaban J connectivity index is 2.58. The zero-order valence-electron chi connectivity index (χ0n) is 8.31. The second-order valence-corrected chi connectivity index (χ2v) is 2.84. The minimum atomic E-state index is 0.161. The van der Waals surface area contributed by atoms with Crippen LogP contribution in [0.2, 0.25) is 0 Å². The van der Waals surface area contributed by atoms with Gasteiger partial charge in [0.1, 0.15) is 0 Å². The van der Waals surface area contributed by atoms with Crippen molar-refractivity contribution in [1.82, 2.24) is 10.2 Å². The summed E-state index contributed by atoms with van der Waals surface area (Å²) >= 11 is 0. The first-order valence-corrected chi connectivity index (χ1v) is 4.70. The van der Waals surface area contributed by atoms with Crippen molar-refractivity contribution in [2.75, 3.05) is 24.6 Å². The lowest BCUT2D eigenvalue weighted by molar-refractivity contribution is 0.288. The molecule has 0 saturated heterocycles. The molecule has 80 valence electrons. The standard InChI is InChI=1S/C8H16N4O2/c1-2-12(4-3-5-13)8-11-10-7(6-9)14-8/h13H,2-6,9H2,1H3. The van der Waals surface area contributed by atoms with Crippen molar-refractivity contribution in [1.29, 1.82) is 0 Å². The van der Waals surface area contributed by atoms with E-state index >= 15 is 0 Å². The van der Waals surface area contributed by atoms with Crippen LogP contribution in [0.5, 0.6) is 0 Å². The Labute approximate surface area is 82.7 Å². The molecule has 0 atom stereocenters. The Bertz CT molecular complexity index is 264. The van der Waals surface area contributed by atoms with Crippen molar-refractivity contribution in [3.05, 3.63) is 5.89 Å². The fraction of sp³-hybridized carbons (Fsp3) is 0.750. The summed E-state index contributed by atoms with van der Waals surface area (Å²) in [4.78, 5) is 1.91. The summed E-state index contributed by atoms with van der Waals surface area (Å²) in [5.74, 6) is 0.433. The van der Waals surface area contributed by atoms with E-state index in [0.29, 0.717) is 24.9 Å². The van der Waals surface area contributed by atoms with E-state index < -0.39 is 0 Å². The molecule has 1 aromatic heterocycles. The van der Waals surface area contributed by atoms with Crippen molar-refractivity contribution in [3.63, 3.8) is 0 Å². The summed E-state index contributed by atoms with van der Waals surface area (Å²) in [7, 11) is 0. The molecule has 1 aromatic rings. The molecule has 1 rings (SSSR count). The summed E-state index contributed by atoms with van der Waals surface area (Å²) in [5, 5.41) is 16.3. The van der Waals surface area contributed by atoms with E-state index in [1.165, 1.54) is 0 Å². The monoisotopic (exact) mass is 200 g/mol. The molecule has 0 unspecified atom stereocenters. The number of rotatable bonds is 6. The summed E-state index contributed by atoms with van der Waals surface area (Å²) in [5.41, 5.74) is 5.35.